The van der Waals surface area contributed by atoms with E-state index in [1.165, 1.54) is 13.2 Å². The fraction of sp³-hybridized carbons (Fsp3) is 0.533. The molecule has 0 radical (unpaired) electrons. The van der Waals surface area contributed by atoms with Gasteiger partial charge in [0.2, 0.25) is 0 Å². The summed E-state index contributed by atoms with van der Waals surface area (Å²) in [6, 6.07) is 4.67. The zero-order chi connectivity index (χ0) is 15.1. The first-order valence-electron chi connectivity index (χ1n) is 6.53. The highest BCUT2D eigenvalue weighted by Gasteiger charge is 2.06. The standard InChI is InChI=1S/C9H10O3.3C2H6/c1-6-3-4-7(5-8(6)10)9(11)12-2;3*1-2/h3-5,10H,1-2H3;3*1-2H3. The number of phenolic OH excluding ortho intramolecular Hbond substituents is 1. The largest absolute Gasteiger partial charge is 0.508 e. The van der Waals surface area contributed by atoms with Crippen LogP contribution >= 0.6 is 0 Å². The summed E-state index contributed by atoms with van der Waals surface area (Å²) in [5.41, 5.74) is 1.10. The molecule has 0 fully saturated rings. The lowest BCUT2D eigenvalue weighted by atomic mass is 10.1. The molecule has 3 heteroatoms. The number of esters is 1. The molecule has 0 spiro atoms. The molecule has 3 nitrogen and oxygen atoms in total. The maximum Gasteiger partial charge on any atom is 0.337 e. The molecule has 0 aliphatic carbocycles. The molecule has 106 valence electrons. The second kappa shape index (κ2) is 15.5. The highest BCUT2D eigenvalue weighted by Crippen LogP contribution is 2.17. The molecule has 0 aliphatic heterocycles. The van der Waals surface area contributed by atoms with Gasteiger partial charge in [0, 0.05) is 0 Å². The van der Waals surface area contributed by atoms with Gasteiger partial charge in [0.25, 0.3) is 0 Å². The first-order chi connectivity index (χ1) is 8.65. The predicted octanol–water partition coefficient (Wildman–Crippen LogP) is 4.57. The summed E-state index contributed by atoms with van der Waals surface area (Å²) >= 11 is 0. The zero-order valence-electron chi connectivity index (χ0n) is 13.0. The number of phenols is 1. The highest BCUT2D eigenvalue weighted by molar-refractivity contribution is 5.89. The molecular formula is C15H28O3. The lowest BCUT2D eigenvalue weighted by molar-refractivity contribution is 0.0600. The maximum atomic E-state index is 10.9. The van der Waals surface area contributed by atoms with Crippen molar-refractivity contribution < 1.29 is 14.6 Å². The van der Waals surface area contributed by atoms with Gasteiger partial charge in [0.15, 0.2) is 0 Å². The first-order valence-corrected chi connectivity index (χ1v) is 6.53. The summed E-state index contributed by atoms with van der Waals surface area (Å²) in [6.07, 6.45) is 0. The number of benzene rings is 1. The molecule has 0 aromatic heterocycles. The van der Waals surface area contributed by atoms with Crippen LogP contribution in [0, 0.1) is 6.92 Å². The van der Waals surface area contributed by atoms with E-state index in [1.807, 2.05) is 41.5 Å². The van der Waals surface area contributed by atoms with Crippen molar-refractivity contribution in [3.05, 3.63) is 29.3 Å². The fourth-order valence-corrected chi connectivity index (χ4v) is 0.854. The summed E-state index contributed by atoms with van der Waals surface area (Å²) in [4.78, 5) is 10.9. The van der Waals surface area contributed by atoms with Gasteiger partial charge in [0.1, 0.15) is 5.75 Å². The van der Waals surface area contributed by atoms with Crippen LogP contribution in [0.3, 0.4) is 0 Å². The van der Waals surface area contributed by atoms with Gasteiger partial charge in [-0.05, 0) is 24.6 Å². The van der Waals surface area contributed by atoms with Crippen molar-refractivity contribution in [2.75, 3.05) is 7.11 Å². The molecule has 18 heavy (non-hydrogen) atoms. The third-order valence-electron chi connectivity index (χ3n) is 1.63. The van der Waals surface area contributed by atoms with Crippen molar-refractivity contribution in [1.82, 2.24) is 0 Å². The van der Waals surface area contributed by atoms with Gasteiger partial charge in [-0.1, -0.05) is 47.6 Å². The maximum absolute atomic E-state index is 10.9. The monoisotopic (exact) mass is 256 g/mol. The number of aryl methyl sites for hydroxylation is 1. The van der Waals surface area contributed by atoms with Crippen molar-refractivity contribution >= 4 is 5.97 Å². The SMILES string of the molecule is CC.CC.CC.COC(=O)c1ccc(C)c(O)c1. The Hall–Kier alpha value is -1.51. The van der Waals surface area contributed by atoms with Crippen molar-refractivity contribution in [2.45, 2.75) is 48.5 Å². The van der Waals surface area contributed by atoms with Crippen LogP contribution in [0.15, 0.2) is 18.2 Å². The van der Waals surface area contributed by atoms with E-state index < -0.39 is 5.97 Å². The van der Waals surface area contributed by atoms with Crippen LogP contribution in [0.1, 0.15) is 57.5 Å². The Morgan fingerprint density at radius 1 is 1.06 bits per heavy atom. The van der Waals surface area contributed by atoms with Gasteiger partial charge in [-0.25, -0.2) is 4.79 Å². The Morgan fingerprint density at radius 3 is 1.83 bits per heavy atom. The van der Waals surface area contributed by atoms with Gasteiger partial charge in [0.05, 0.1) is 12.7 Å². The zero-order valence-corrected chi connectivity index (χ0v) is 13.0. The Kier molecular flexibility index (Phi) is 18.7. The van der Waals surface area contributed by atoms with Crippen LogP contribution in [0.4, 0.5) is 0 Å². The Labute approximate surface area is 112 Å². The minimum Gasteiger partial charge on any atom is -0.508 e. The third-order valence-corrected chi connectivity index (χ3v) is 1.63. The number of rotatable bonds is 1. The molecule has 0 amide bonds. The second-order valence-electron chi connectivity index (χ2n) is 2.49. The summed E-state index contributed by atoms with van der Waals surface area (Å²) in [5.74, 6) is -0.330. The molecule has 0 atom stereocenters. The van der Waals surface area contributed by atoms with Crippen LogP contribution in [0.2, 0.25) is 0 Å². The van der Waals surface area contributed by atoms with Crippen LogP contribution in [0.25, 0.3) is 0 Å². The molecule has 0 saturated carbocycles. The number of aromatic hydroxyl groups is 1. The topological polar surface area (TPSA) is 46.5 Å². The van der Waals surface area contributed by atoms with Gasteiger partial charge in [-0.15, -0.1) is 0 Å². The molecule has 0 heterocycles. The molecule has 0 bridgehead atoms. The number of hydrogen-bond donors (Lipinski definition) is 1. The summed E-state index contributed by atoms with van der Waals surface area (Å²) in [5, 5.41) is 9.24. The second-order valence-corrected chi connectivity index (χ2v) is 2.49. The Morgan fingerprint density at radius 2 is 1.50 bits per heavy atom. The van der Waals surface area contributed by atoms with E-state index >= 15 is 0 Å². The van der Waals surface area contributed by atoms with Crippen molar-refractivity contribution in [3.8, 4) is 5.75 Å². The molecular weight excluding hydrogens is 228 g/mol. The van der Waals surface area contributed by atoms with Crippen LogP contribution in [-0.2, 0) is 4.74 Å². The third kappa shape index (κ3) is 8.62. The lowest BCUT2D eigenvalue weighted by Gasteiger charge is -2.01. The predicted molar refractivity (Wildman–Crippen MR) is 78.2 cm³/mol. The minimum atomic E-state index is -0.440. The normalized spacial score (nSPS) is 7.33. The summed E-state index contributed by atoms with van der Waals surface area (Å²) in [6.45, 7) is 13.8. The average Bonchev–Trinajstić information content (AvgIpc) is 2.47. The molecule has 1 N–H and O–H groups in total. The van der Waals surface area contributed by atoms with E-state index in [4.69, 9.17) is 0 Å². The van der Waals surface area contributed by atoms with Crippen LogP contribution in [-0.4, -0.2) is 18.2 Å². The molecule has 1 rings (SSSR count). The van der Waals surface area contributed by atoms with Gasteiger partial charge in [-0.2, -0.15) is 0 Å². The number of carbonyl (C=O) groups excluding carboxylic acids is 1. The fourth-order valence-electron chi connectivity index (χ4n) is 0.854. The van der Waals surface area contributed by atoms with Crippen LogP contribution < -0.4 is 0 Å². The van der Waals surface area contributed by atoms with Crippen molar-refractivity contribution in [1.29, 1.82) is 0 Å². The summed E-state index contributed by atoms with van der Waals surface area (Å²) < 4.78 is 4.48. The van der Waals surface area contributed by atoms with Crippen molar-refractivity contribution in [3.63, 3.8) is 0 Å². The van der Waals surface area contributed by atoms with E-state index in [1.54, 1.807) is 19.1 Å². The molecule has 0 saturated heterocycles. The van der Waals surface area contributed by atoms with E-state index in [2.05, 4.69) is 4.74 Å². The summed E-state index contributed by atoms with van der Waals surface area (Å²) in [7, 11) is 1.30. The van der Waals surface area contributed by atoms with Gasteiger partial charge < -0.3 is 9.84 Å². The van der Waals surface area contributed by atoms with E-state index in [-0.39, 0.29) is 5.75 Å². The smallest absolute Gasteiger partial charge is 0.337 e. The Balaban J connectivity index is -0.000000328. The van der Waals surface area contributed by atoms with E-state index in [0.717, 1.165) is 5.56 Å². The van der Waals surface area contributed by atoms with Gasteiger partial charge in [-0.3, -0.25) is 0 Å². The number of ether oxygens (including phenoxy) is 1. The average molecular weight is 256 g/mol. The molecule has 1 aromatic carbocycles. The number of carbonyl (C=O) groups is 1. The highest BCUT2D eigenvalue weighted by atomic mass is 16.5. The molecule has 0 unspecified atom stereocenters. The van der Waals surface area contributed by atoms with Crippen molar-refractivity contribution in [2.24, 2.45) is 0 Å². The number of methoxy groups -OCH3 is 1. The van der Waals surface area contributed by atoms with E-state index in [0.29, 0.717) is 5.56 Å². The quantitative estimate of drug-likeness (QED) is 0.749. The van der Waals surface area contributed by atoms with Gasteiger partial charge >= 0.3 is 5.97 Å². The van der Waals surface area contributed by atoms with Crippen LogP contribution in [0.5, 0.6) is 5.75 Å². The lowest BCUT2D eigenvalue weighted by Crippen LogP contribution is -2.00. The Bertz CT molecular complexity index is 307. The number of hydrogen-bond acceptors (Lipinski definition) is 3. The molecule has 0 aliphatic rings. The van der Waals surface area contributed by atoms with E-state index in [9.17, 15) is 9.90 Å². The minimum absolute atomic E-state index is 0.109. The first kappa shape index (κ1) is 21.7. The molecule has 1 aromatic rings.